The SMILES string of the molecule is CC1C(=O)CC=CC1C=CCN. The number of hydrogen-bond donors (Lipinski definition) is 1. The minimum atomic E-state index is 0.123. The van der Waals surface area contributed by atoms with Crippen molar-refractivity contribution in [2.75, 3.05) is 6.54 Å². The van der Waals surface area contributed by atoms with Crippen molar-refractivity contribution in [2.24, 2.45) is 17.6 Å². The van der Waals surface area contributed by atoms with Crippen molar-refractivity contribution < 1.29 is 4.79 Å². The molecule has 0 spiro atoms. The van der Waals surface area contributed by atoms with Crippen molar-refractivity contribution in [1.29, 1.82) is 0 Å². The van der Waals surface area contributed by atoms with Crippen LogP contribution in [-0.4, -0.2) is 12.3 Å². The molecule has 0 amide bonds. The highest BCUT2D eigenvalue weighted by Crippen LogP contribution is 2.22. The fraction of sp³-hybridized carbons (Fsp3) is 0.500. The first-order valence-electron chi connectivity index (χ1n) is 4.32. The first kappa shape index (κ1) is 9.20. The largest absolute Gasteiger partial charge is 0.327 e. The van der Waals surface area contributed by atoms with E-state index in [4.69, 9.17) is 5.73 Å². The Morgan fingerprint density at radius 2 is 2.50 bits per heavy atom. The molecule has 0 heterocycles. The number of allylic oxidation sites excluding steroid dienone is 3. The van der Waals surface area contributed by atoms with Crippen LogP contribution in [0.3, 0.4) is 0 Å². The molecule has 0 bridgehead atoms. The fourth-order valence-electron chi connectivity index (χ4n) is 1.38. The Labute approximate surface area is 73.1 Å². The standard InChI is InChI=1S/C10H15NO/c1-8-9(5-3-7-11)4-2-6-10(8)12/h2-5,8-9H,6-7,11H2,1H3. The fourth-order valence-corrected chi connectivity index (χ4v) is 1.38. The van der Waals surface area contributed by atoms with Gasteiger partial charge in [-0.15, -0.1) is 0 Å². The molecule has 0 aromatic carbocycles. The molecule has 0 saturated carbocycles. The van der Waals surface area contributed by atoms with Crippen LogP contribution in [0.4, 0.5) is 0 Å². The molecule has 12 heavy (non-hydrogen) atoms. The lowest BCUT2D eigenvalue weighted by Crippen LogP contribution is -2.21. The smallest absolute Gasteiger partial charge is 0.140 e. The van der Waals surface area contributed by atoms with Crippen molar-refractivity contribution >= 4 is 5.78 Å². The summed E-state index contributed by atoms with van der Waals surface area (Å²) >= 11 is 0. The number of nitrogens with two attached hydrogens (primary N) is 1. The van der Waals surface area contributed by atoms with Crippen molar-refractivity contribution in [2.45, 2.75) is 13.3 Å². The second-order valence-corrected chi connectivity index (χ2v) is 3.13. The summed E-state index contributed by atoms with van der Waals surface area (Å²) in [5, 5.41) is 0. The topological polar surface area (TPSA) is 43.1 Å². The van der Waals surface area contributed by atoms with Crippen LogP contribution < -0.4 is 5.73 Å². The van der Waals surface area contributed by atoms with Gasteiger partial charge in [-0.3, -0.25) is 4.79 Å². The summed E-state index contributed by atoms with van der Waals surface area (Å²) in [6.45, 7) is 2.52. The van der Waals surface area contributed by atoms with E-state index in [2.05, 4.69) is 6.08 Å². The highest BCUT2D eigenvalue weighted by Gasteiger charge is 2.21. The van der Waals surface area contributed by atoms with E-state index in [1.807, 2.05) is 25.2 Å². The van der Waals surface area contributed by atoms with E-state index in [1.54, 1.807) is 0 Å². The van der Waals surface area contributed by atoms with E-state index in [9.17, 15) is 4.79 Å². The monoisotopic (exact) mass is 165 g/mol. The van der Waals surface area contributed by atoms with E-state index in [0.29, 0.717) is 18.7 Å². The van der Waals surface area contributed by atoms with E-state index in [-0.39, 0.29) is 11.8 Å². The first-order valence-corrected chi connectivity index (χ1v) is 4.32. The second kappa shape index (κ2) is 4.21. The average Bonchev–Trinajstić information content (AvgIpc) is 2.08. The van der Waals surface area contributed by atoms with Crippen LogP contribution in [0.15, 0.2) is 24.3 Å². The zero-order valence-corrected chi connectivity index (χ0v) is 7.36. The zero-order valence-electron chi connectivity index (χ0n) is 7.36. The van der Waals surface area contributed by atoms with E-state index in [1.165, 1.54) is 0 Å². The molecule has 1 rings (SSSR count). The molecule has 1 aliphatic rings. The lowest BCUT2D eigenvalue weighted by molar-refractivity contribution is -0.122. The van der Waals surface area contributed by atoms with Crippen LogP contribution in [0, 0.1) is 11.8 Å². The third kappa shape index (κ3) is 2.05. The lowest BCUT2D eigenvalue weighted by atomic mass is 9.84. The van der Waals surface area contributed by atoms with Gasteiger partial charge in [0.05, 0.1) is 0 Å². The van der Waals surface area contributed by atoms with Gasteiger partial charge in [-0.1, -0.05) is 31.2 Å². The first-order chi connectivity index (χ1) is 5.75. The van der Waals surface area contributed by atoms with Gasteiger partial charge in [0.2, 0.25) is 0 Å². The van der Waals surface area contributed by atoms with Gasteiger partial charge in [-0.2, -0.15) is 0 Å². The molecule has 1 aliphatic carbocycles. The molecule has 2 nitrogen and oxygen atoms in total. The van der Waals surface area contributed by atoms with Gasteiger partial charge in [0, 0.05) is 24.8 Å². The molecule has 0 radical (unpaired) electrons. The second-order valence-electron chi connectivity index (χ2n) is 3.13. The minimum absolute atomic E-state index is 0.123. The van der Waals surface area contributed by atoms with Crippen LogP contribution in [0.1, 0.15) is 13.3 Å². The Bertz CT molecular complexity index is 218. The van der Waals surface area contributed by atoms with Gasteiger partial charge >= 0.3 is 0 Å². The van der Waals surface area contributed by atoms with Gasteiger partial charge in [0.1, 0.15) is 5.78 Å². The van der Waals surface area contributed by atoms with Crippen LogP contribution in [0.5, 0.6) is 0 Å². The Kier molecular flexibility index (Phi) is 3.23. The summed E-state index contributed by atoms with van der Waals surface area (Å²) in [6.07, 6.45) is 8.53. The predicted molar refractivity (Wildman–Crippen MR) is 49.6 cm³/mol. The van der Waals surface area contributed by atoms with Crippen LogP contribution in [-0.2, 0) is 4.79 Å². The van der Waals surface area contributed by atoms with E-state index < -0.39 is 0 Å². The molecule has 0 fully saturated rings. The van der Waals surface area contributed by atoms with Crippen molar-refractivity contribution in [3.8, 4) is 0 Å². The predicted octanol–water partition coefficient (Wildman–Crippen LogP) is 1.28. The van der Waals surface area contributed by atoms with Gasteiger partial charge < -0.3 is 5.73 Å². The van der Waals surface area contributed by atoms with Gasteiger partial charge in [-0.05, 0) is 0 Å². The van der Waals surface area contributed by atoms with E-state index >= 15 is 0 Å². The minimum Gasteiger partial charge on any atom is -0.327 e. The number of rotatable bonds is 2. The number of Topliss-reactive ketones (excluding diaryl/α,β-unsaturated/α-hetero) is 1. The molecule has 2 atom stereocenters. The zero-order chi connectivity index (χ0) is 8.97. The molecular weight excluding hydrogens is 150 g/mol. The third-order valence-corrected chi connectivity index (χ3v) is 2.26. The molecule has 2 unspecified atom stereocenters. The summed E-state index contributed by atoms with van der Waals surface area (Å²) in [4.78, 5) is 11.3. The van der Waals surface area contributed by atoms with Crippen molar-refractivity contribution in [3.05, 3.63) is 24.3 Å². The summed E-state index contributed by atoms with van der Waals surface area (Å²) in [7, 11) is 0. The summed E-state index contributed by atoms with van der Waals surface area (Å²) in [5.41, 5.74) is 5.33. The Balaban J connectivity index is 2.63. The summed E-state index contributed by atoms with van der Waals surface area (Å²) < 4.78 is 0. The van der Waals surface area contributed by atoms with Gasteiger partial charge in [-0.25, -0.2) is 0 Å². The van der Waals surface area contributed by atoms with Crippen LogP contribution >= 0.6 is 0 Å². The molecule has 0 saturated heterocycles. The molecule has 0 aliphatic heterocycles. The van der Waals surface area contributed by atoms with Crippen molar-refractivity contribution in [1.82, 2.24) is 0 Å². The molecule has 0 aromatic rings. The number of carbonyl (C=O) groups excluding carboxylic acids is 1. The average molecular weight is 165 g/mol. The molecule has 2 N–H and O–H groups in total. The lowest BCUT2D eigenvalue weighted by Gasteiger charge is -2.19. The quantitative estimate of drug-likeness (QED) is 0.626. The maximum absolute atomic E-state index is 11.3. The van der Waals surface area contributed by atoms with E-state index in [0.717, 1.165) is 0 Å². The van der Waals surface area contributed by atoms with Crippen LogP contribution in [0.2, 0.25) is 0 Å². The number of ketones is 1. The Morgan fingerprint density at radius 3 is 3.17 bits per heavy atom. The number of carbonyl (C=O) groups is 1. The maximum atomic E-state index is 11.3. The van der Waals surface area contributed by atoms with Crippen LogP contribution in [0.25, 0.3) is 0 Å². The van der Waals surface area contributed by atoms with Gasteiger partial charge in [0.25, 0.3) is 0 Å². The summed E-state index contributed by atoms with van der Waals surface area (Å²) in [5.74, 6) is 0.705. The Morgan fingerprint density at radius 1 is 1.75 bits per heavy atom. The molecular formula is C10H15NO. The Hall–Kier alpha value is -0.890. The van der Waals surface area contributed by atoms with Crippen molar-refractivity contribution in [3.63, 3.8) is 0 Å². The normalized spacial score (nSPS) is 30.0. The number of hydrogen-bond acceptors (Lipinski definition) is 2. The maximum Gasteiger partial charge on any atom is 0.140 e. The van der Waals surface area contributed by atoms with Gasteiger partial charge in [0.15, 0.2) is 0 Å². The third-order valence-electron chi connectivity index (χ3n) is 2.26. The molecule has 2 heteroatoms. The molecule has 66 valence electrons. The highest BCUT2D eigenvalue weighted by molar-refractivity contribution is 5.83. The highest BCUT2D eigenvalue weighted by atomic mass is 16.1. The summed E-state index contributed by atoms with van der Waals surface area (Å²) in [6, 6.07) is 0. The molecule has 0 aromatic heterocycles.